The summed E-state index contributed by atoms with van der Waals surface area (Å²) in [6, 6.07) is 0. The van der Waals surface area contributed by atoms with E-state index in [1.807, 2.05) is 6.08 Å². The van der Waals surface area contributed by atoms with Gasteiger partial charge >= 0.3 is 5.97 Å². The highest BCUT2D eigenvalue weighted by Crippen LogP contribution is 2.33. The monoisotopic (exact) mass is 292 g/mol. The maximum absolute atomic E-state index is 12.2. The number of ether oxygens (including phenoxy) is 1. The second-order valence-corrected chi connectivity index (χ2v) is 6.62. The molecule has 0 aromatic carbocycles. The van der Waals surface area contributed by atoms with Gasteiger partial charge in [0.25, 0.3) is 0 Å². The molecular weight excluding hydrogens is 264 g/mol. The molecule has 0 unspecified atom stereocenters. The van der Waals surface area contributed by atoms with Gasteiger partial charge in [-0.05, 0) is 69.3 Å². The lowest BCUT2D eigenvalue weighted by Crippen LogP contribution is -2.29. The highest BCUT2D eigenvalue weighted by molar-refractivity contribution is 5.72. The summed E-state index contributed by atoms with van der Waals surface area (Å²) in [4.78, 5) is 22.6. The van der Waals surface area contributed by atoms with Crippen molar-refractivity contribution in [2.24, 2.45) is 17.8 Å². The van der Waals surface area contributed by atoms with Gasteiger partial charge in [-0.25, -0.2) is 0 Å². The van der Waals surface area contributed by atoms with Crippen LogP contribution in [0.4, 0.5) is 0 Å². The van der Waals surface area contributed by atoms with Crippen molar-refractivity contribution >= 4 is 12.3 Å². The van der Waals surface area contributed by atoms with E-state index in [0.29, 0.717) is 5.92 Å². The van der Waals surface area contributed by atoms with E-state index in [4.69, 9.17) is 4.74 Å². The Hall–Kier alpha value is -1.12. The fourth-order valence-electron chi connectivity index (χ4n) is 3.67. The van der Waals surface area contributed by atoms with Crippen LogP contribution in [0.3, 0.4) is 0 Å². The number of carbonyl (C=O) groups is 2. The second kappa shape index (κ2) is 8.35. The average Bonchev–Trinajstić information content (AvgIpc) is 2.54. The summed E-state index contributed by atoms with van der Waals surface area (Å²) in [7, 11) is 0. The smallest absolute Gasteiger partial charge is 0.309 e. The zero-order chi connectivity index (χ0) is 15.1. The van der Waals surface area contributed by atoms with E-state index in [9.17, 15) is 9.59 Å². The molecule has 3 nitrogen and oxygen atoms in total. The first-order chi connectivity index (χ1) is 10.2. The van der Waals surface area contributed by atoms with Crippen LogP contribution in [0.2, 0.25) is 0 Å². The fourth-order valence-corrected chi connectivity index (χ4v) is 3.67. The molecule has 0 atom stereocenters. The Kier molecular flexibility index (Phi) is 6.47. The third kappa shape index (κ3) is 4.98. The van der Waals surface area contributed by atoms with Crippen molar-refractivity contribution in [3.05, 3.63) is 12.2 Å². The van der Waals surface area contributed by atoms with Gasteiger partial charge in [0.1, 0.15) is 12.4 Å². The zero-order valence-corrected chi connectivity index (χ0v) is 13.1. The van der Waals surface area contributed by atoms with E-state index in [1.165, 1.54) is 19.3 Å². The van der Waals surface area contributed by atoms with E-state index >= 15 is 0 Å². The van der Waals surface area contributed by atoms with Crippen LogP contribution in [0.5, 0.6) is 0 Å². The van der Waals surface area contributed by atoms with Gasteiger partial charge in [0.05, 0.1) is 5.92 Å². The van der Waals surface area contributed by atoms with Crippen molar-refractivity contribution in [3.63, 3.8) is 0 Å². The van der Waals surface area contributed by atoms with Gasteiger partial charge < -0.3 is 4.74 Å². The summed E-state index contributed by atoms with van der Waals surface area (Å²) in [6.07, 6.45) is 14.0. The van der Waals surface area contributed by atoms with E-state index in [0.717, 1.165) is 50.7 Å². The molecule has 3 heteroatoms. The van der Waals surface area contributed by atoms with Crippen molar-refractivity contribution in [3.8, 4) is 0 Å². The second-order valence-electron chi connectivity index (χ2n) is 6.62. The van der Waals surface area contributed by atoms with Gasteiger partial charge in [0.15, 0.2) is 0 Å². The molecule has 0 aliphatic heterocycles. The van der Waals surface area contributed by atoms with E-state index in [2.05, 4.69) is 6.92 Å². The normalized spacial score (nSPS) is 33.8. The van der Waals surface area contributed by atoms with Crippen LogP contribution in [0.1, 0.15) is 64.7 Å². The molecule has 2 fully saturated rings. The molecule has 0 aromatic rings. The minimum Gasteiger partial charge on any atom is -0.462 e. The Morgan fingerprint density at radius 1 is 1.05 bits per heavy atom. The quantitative estimate of drug-likeness (QED) is 0.436. The van der Waals surface area contributed by atoms with Crippen molar-refractivity contribution in [1.29, 1.82) is 0 Å². The molecule has 0 radical (unpaired) electrons. The fraction of sp³-hybridized carbons (Fsp3) is 0.778. The maximum Gasteiger partial charge on any atom is 0.309 e. The third-order valence-electron chi connectivity index (χ3n) is 5.22. The first kappa shape index (κ1) is 16.3. The van der Waals surface area contributed by atoms with Gasteiger partial charge in [-0.15, -0.1) is 0 Å². The lowest BCUT2D eigenvalue weighted by Gasteiger charge is -2.30. The molecule has 21 heavy (non-hydrogen) atoms. The summed E-state index contributed by atoms with van der Waals surface area (Å²) in [5.41, 5.74) is 0. The van der Waals surface area contributed by atoms with Gasteiger partial charge in [-0.2, -0.15) is 0 Å². The molecule has 0 bridgehead atoms. The van der Waals surface area contributed by atoms with Gasteiger partial charge in [0, 0.05) is 0 Å². The molecular formula is C18H28O3. The summed E-state index contributed by atoms with van der Waals surface area (Å²) in [5, 5.41) is 0. The van der Waals surface area contributed by atoms with E-state index < -0.39 is 0 Å². The largest absolute Gasteiger partial charge is 0.462 e. The standard InChI is InChI=1S/C18H28O3/c1-2-14-5-9-16(10-6-14)18(20)21-17-11-7-15(8-12-17)4-3-13-19/h3-4,13-17H,2,5-12H2,1H3. The average molecular weight is 292 g/mol. The number of carbonyl (C=O) groups excluding carboxylic acids is 2. The lowest BCUT2D eigenvalue weighted by atomic mass is 9.81. The minimum atomic E-state index is 0.0384. The Bertz CT molecular complexity index is 359. The number of esters is 1. The number of hydrogen-bond donors (Lipinski definition) is 0. The highest BCUT2D eigenvalue weighted by atomic mass is 16.5. The Morgan fingerprint density at radius 3 is 2.29 bits per heavy atom. The lowest BCUT2D eigenvalue weighted by molar-refractivity contribution is -0.157. The van der Waals surface area contributed by atoms with Crippen molar-refractivity contribution in [2.45, 2.75) is 70.8 Å². The van der Waals surface area contributed by atoms with Gasteiger partial charge in [-0.3, -0.25) is 9.59 Å². The SMILES string of the molecule is CCC1CCC(C(=O)OC2CCC(C=CC=O)CC2)CC1. The van der Waals surface area contributed by atoms with Gasteiger partial charge in [0.2, 0.25) is 0 Å². The molecule has 0 spiro atoms. The van der Waals surface area contributed by atoms with Crippen LogP contribution in [-0.2, 0) is 14.3 Å². The summed E-state index contributed by atoms with van der Waals surface area (Å²) in [5.74, 6) is 1.47. The van der Waals surface area contributed by atoms with Crippen LogP contribution >= 0.6 is 0 Å². The first-order valence-electron chi connectivity index (χ1n) is 8.55. The van der Waals surface area contributed by atoms with Crippen LogP contribution in [0.25, 0.3) is 0 Å². The number of hydrogen-bond acceptors (Lipinski definition) is 3. The maximum atomic E-state index is 12.2. The Labute approximate surface area is 128 Å². The van der Waals surface area contributed by atoms with Crippen molar-refractivity contribution < 1.29 is 14.3 Å². The molecule has 0 amide bonds. The van der Waals surface area contributed by atoms with Crippen LogP contribution < -0.4 is 0 Å². The highest BCUT2D eigenvalue weighted by Gasteiger charge is 2.29. The first-order valence-corrected chi connectivity index (χ1v) is 8.55. The summed E-state index contributed by atoms with van der Waals surface area (Å²) in [6.45, 7) is 2.24. The Balaban J connectivity index is 1.70. The van der Waals surface area contributed by atoms with Crippen LogP contribution in [-0.4, -0.2) is 18.4 Å². The molecule has 2 aliphatic rings. The van der Waals surface area contributed by atoms with Crippen molar-refractivity contribution in [2.75, 3.05) is 0 Å². The molecule has 2 rings (SSSR count). The van der Waals surface area contributed by atoms with E-state index in [-0.39, 0.29) is 18.0 Å². The number of aldehydes is 1. The summed E-state index contributed by atoms with van der Waals surface area (Å²) >= 11 is 0. The van der Waals surface area contributed by atoms with Crippen LogP contribution in [0.15, 0.2) is 12.2 Å². The topological polar surface area (TPSA) is 43.4 Å². The predicted octanol–water partition coefficient (Wildman–Crippen LogP) is 4.06. The van der Waals surface area contributed by atoms with E-state index in [1.54, 1.807) is 6.08 Å². The van der Waals surface area contributed by atoms with Gasteiger partial charge in [-0.1, -0.05) is 19.4 Å². The van der Waals surface area contributed by atoms with Crippen LogP contribution in [0, 0.1) is 17.8 Å². The molecule has 0 N–H and O–H groups in total. The molecule has 118 valence electrons. The molecule has 2 aliphatic carbocycles. The predicted molar refractivity (Wildman–Crippen MR) is 82.8 cm³/mol. The Morgan fingerprint density at radius 2 is 1.71 bits per heavy atom. The molecule has 2 saturated carbocycles. The number of allylic oxidation sites excluding steroid dienone is 2. The number of rotatable bonds is 5. The third-order valence-corrected chi connectivity index (χ3v) is 5.22. The minimum absolute atomic E-state index is 0.0384. The summed E-state index contributed by atoms with van der Waals surface area (Å²) < 4.78 is 5.72. The molecule has 0 heterocycles. The van der Waals surface area contributed by atoms with Crippen molar-refractivity contribution in [1.82, 2.24) is 0 Å². The molecule has 0 aromatic heterocycles. The zero-order valence-electron chi connectivity index (χ0n) is 13.1. The molecule has 0 saturated heterocycles.